The molecule has 0 radical (unpaired) electrons. The van der Waals surface area contributed by atoms with Crippen molar-refractivity contribution >= 4 is 30.7 Å². The number of esters is 1. The third kappa shape index (κ3) is 7.90. The third-order valence-corrected chi connectivity index (χ3v) is 10.0. The van der Waals surface area contributed by atoms with Crippen molar-refractivity contribution in [2.45, 2.75) is 57.9 Å². The van der Waals surface area contributed by atoms with E-state index in [1.807, 2.05) is 30.3 Å². The Balaban J connectivity index is 1.37. The smallest absolute Gasteiger partial charge is 0.416 e. The maximum absolute atomic E-state index is 13.8. The number of carbonyl (C=O) groups is 2. The number of ketones is 1. The molecule has 0 amide bonds. The van der Waals surface area contributed by atoms with E-state index >= 15 is 0 Å². The monoisotopic (exact) mass is 651 g/mol. The topological polar surface area (TPSA) is 100 Å². The van der Waals surface area contributed by atoms with E-state index in [-0.39, 0.29) is 29.8 Å². The molecule has 12 heteroatoms. The van der Waals surface area contributed by atoms with Crippen LogP contribution in [-0.4, -0.2) is 41.4 Å². The standard InChI is InChI=1S/C34H36F3N3O5Si/c1-46(2,3)18-17-44-33(43)30-24(20-40-32(42)28-19-25(34(35,36)37)12-16-29(28)38-39-40)11-15-27(30)31(41)23-9-13-26(14-10-23)45-21-22-7-5-4-6-8-22/h4-10,12-14,16,19,24,27,30H,11,15,17-18,20-21H2,1-3H3. The van der Waals surface area contributed by atoms with Gasteiger partial charge >= 0.3 is 12.1 Å². The van der Waals surface area contributed by atoms with Gasteiger partial charge in [0.05, 0.1) is 30.0 Å². The van der Waals surface area contributed by atoms with Crippen LogP contribution in [0.15, 0.2) is 77.6 Å². The van der Waals surface area contributed by atoms with Crippen LogP contribution in [0.1, 0.15) is 34.3 Å². The summed E-state index contributed by atoms with van der Waals surface area (Å²) < 4.78 is 52.6. The second-order valence-corrected chi connectivity index (χ2v) is 18.5. The zero-order chi connectivity index (χ0) is 33.1. The van der Waals surface area contributed by atoms with E-state index in [1.54, 1.807) is 24.3 Å². The lowest BCUT2D eigenvalue weighted by Crippen LogP contribution is -2.36. The Morgan fingerprint density at radius 1 is 0.978 bits per heavy atom. The number of rotatable bonds is 11. The van der Waals surface area contributed by atoms with Gasteiger partial charge in [0.15, 0.2) is 5.78 Å². The summed E-state index contributed by atoms with van der Waals surface area (Å²) in [5, 5.41) is 7.69. The molecule has 5 rings (SSSR count). The Kier molecular flexibility index (Phi) is 9.76. The number of hydrogen-bond acceptors (Lipinski definition) is 7. The molecule has 0 saturated heterocycles. The van der Waals surface area contributed by atoms with Gasteiger partial charge in [-0.2, -0.15) is 13.2 Å². The number of Topliss-reactive ketones (excluding diaryl/α,β-unsaturated/α-hetero) is 1. The van der Waals surface area contributed by atoms with Gasteiger partial charge < -0.3 is 9.47 Å². The average Bonchev–Trinajstić information content (AvgIpc) is 3.44. The molecule has 0 spiro atoms. The van der Waals surface area contributed by atoms with Crippen LogP contribution in [0.4, 0.5) is 13.2 Å². The number of alkyl halides is 3. The van der Waals surface area contributed by atoms with Gasteiger partial charge in [0, 0.05) is 19.6 Å². The van der Waals surface area contributed by atoms with Gasteiger partial charge in [-0.25, -0.2) is 4.68 Å². The Bertz CT molecular complexity index is 1750. The first-order valence-electron chi connectivity index (χ1n) is 15.2. The van der Waals surface area contributed by atoms with Crippen LogP contribution in [-0.2, 0) is 28.9 Å². The molecule has 4 aromatic rings. The second-order valence-electron chi connectivity index (χ2n) is 12.9. The summed E-state index contributed by atoms with van der Waals surface area (Å²) in [4.78, 5) is 40.7. The summed E-state index contributed by atoms with van der Waals surface area (Å²) in [5.74, 6) is -2.25. The Morgan fingerprint density at radius 2 is 1.70 bits per heavy atom. The number of hydrogen-bond donors (Lipinski definition) is 0. The van der Waals surface area contributed by atoms with E-state index in [1.165, 1.54) is 0 Å². The molecule has 3 unspecified atom stereocenters. The van der Waals surface area contributed by atoms with E-state index in [2.05, 4.69) is 30.0 Å². The molecular formula is C34H36F3N3O5Si. The molecule has 1 fully saturated rings. The van der Waals surface area contributed by atoms with Gasteiger partial charge in [0.25, 0.3) is 5.56 Å². The van der Waals surface area contributed by atoms with Gasteiger partial charge in [0.1, 0.15) is 17.9 Å². The highest BCUT2D eigenvalue weighted by atomic mass is 28.3. The van der Waals surface area contributed by atoms with Gasteiger partial charge in [-0.15, -0.1) is 5.10 Å². The predicted molar refractivity (Wildman–Crippen MR) is 169 cm³/mol. The first-order valence-corrected chi connectivity index (χ1v) is 18.9. The largest absolute Gasteiger partial charge is 0.489 e. The molecule has 1 heterocycles. The molecule has 1 aromatic heterocycles. The quantitative estimate of drug-likeness (QED) is 0.1000. The number of ether oxygens (including phenoxy) is 2. The van der Waals surface area contributed by atoms with Crippen LogP contribution < -0.4 is 10.3 Å². The van der Waals surface area contributed by atoms with Crippen LogP contribution in [0.3, 0.4) is 0 Å². The number of benzene rings is 3. The van der Waals surface area contributed by atoms with Crippen molar-refractivity contribution in [2.24, 2.45) is 17.8 Å². The van der Waals surface area contributed by atoms with Gasteiger partial charge in [-0.1, -0.05) is 55.2 Å². The van der Waals surface area contributed by atoms with E-state index in [4.69, 9.17) is 9.47 Å². The molecule has 3 atom stereocenters. The van der Waals surface area contributed by atoms with Crippen molar-refractivity contribution in [3.05, 3.63) is 99.8 Å². The molecule has 8 nitrogen and oxygen atoms in total. The summed E-state index contributed by atoms with van der Waals surface area (Å²) in [7, 11) is -1.52. The normalized spacial score (nSPS) is 18.4. The Hall–Kier alpha value is -4.32. The van der Waals surface area contributed by atoms with Crippen molar-refractivity contribution in [3.63, 3.8) is 0 Å². The molecule has 1 saturated carbocycles. The van der Waals surface area contributed by atoms with Gasteiger partial charge in [0.2, 0.25) is 0 Å². The highest BCUT2D eigenvalue weighted by Gasteiger charge is 2.46. The summed E-state index contributed by atoms with van der Waals surface area (Å²) >= 11 is 0. The SMILES string of the molecule is C[Si](C)(C)CCOC(=O)C1C(Cn2nnc3ccc(C(F)(F)F)cc3c2=O)CCC1C(=O)c1ccc(OCc2ccccc2)cc1. The predicted octanol–water partition coefficient (Wildman–Crippen LogP) is 6.80. The van der Waals surface area contributed by atoms with E-state index in [0.717, 1.165) is 34.5 Å². The number of halogens is 3. The molecule has 0 N–H and O–H groups in total. The van der Waals surface area contributed by atoms with Crippen molar-refractivity contribution < 1.29 is 32.2 Å². The van der Waals surface area contributed by atoms with Crippen LogP contribution in [0, 0.1) is 17.8 Å². The van der Waals surface area contributed by atoms with E-state index in [9.17, 15) is 27.6 Å². The van der Waals surface area contributed by atoms with Crippen LogP contribution in [0.25, 0.3) is 10.9 Å². The minimum Gasteiger partial charge on any atom is -0.489 e. The lowest BCUT2D eigenvalue weighted by molar-refractivity contribution is -0.150. The fourth-order valence-electron chi connectivity index (χ4n) is 5.76. The average molecular weight is 652 g/mol. The summed E-state index contributed by atoms with van der Waals surface area (Å²) in [6.45, 7) is 6.98. The van der Waals surface area contributed by atoms with Gasteiger partial charge in [-0.3, -0.25) is 14.4 Å². The van der Waals surface area contributed by atoms with Gasteiger partial charge in [-0.05, 0) is 72.8 Å². The summed E-state index contributed by atoms with van der Waals surface area (Å²) in [6, 6.07) is 19.9. The molecular weight excluding hydrogens is 615 g/mol. The Labute approximate surface area is 265 Å². The van der Waals surface area contributed by atoms with Crippen molar-refractivity contribution in [1.82, 2.24) is 15.0 Å². The zero-order valence-corrected chi connectivity index (χ0v) is 26.9. The zero-order valence-electron chi connectivity index (χ0n) is 25.9. The first-order chi connectivity index (χ1) is 21.8. The van der Waals surface area contributed by atoms with E-state index < -0.39 is 49.1 Å². The number of carbonyl (C=O) groups excluding carboxylic acids is 2. The third-order valence-electron chi connectivity index (χ3n) is 8.34. The molecule has 46 heavy (non-hydrogen) atoms. The molecule has 1 aliphatic carbocycles. The van der Waals surface area contributed by atoms with Crippen molar-refractivity contribution in [2.75, 3.05) is 6.61 Å². The maximum atomic E-state index is 13.8. The second kappa shape index (κ2) is 13.6. The van der Waals surface area contributed by atoms with Crippen LogP contribution in [0.5, 0.6) is 5.75 Å². The number of nitrogens with zero attached hydrogens (tertiary/aromatic N) is 3. The van der Waals surface area contributed by atoms with Crippen molar-refractivity contribution in [1.29, 1.82) is 0 Å². The molecule has 3 aromatic carbocycles. The Morgan fingerprint density at radius 3 is 2.37 bits per heavy atom. The van der Waals surface area contributed by atoms with E-state index in [0.29, 0.717) is 30.8 Å². The summed E-state index contributed by atoms with van der Waals surface area (Å²) in [5.41, 5.74) is -0.260. The number of fused-ring (bicyclic) bond motifs is 1. The van der Waals surface area contributed by atoms with Crippen LogP contribution in [0.2, 0.25) is 25.7 Å². The maximum Gasteiger partial charge on any atom is 0.416 e. The molecule has 242 valence electrons. The summed E-state index contributed by atoms with van der Waals surface area (Å²) in [6.07, 6.45) is -3.85. The van der Waals surface area contributed by atoms with Crippen molar-refractivity contribution in [3.8, 4) is 5.75 Å². The lowest BCUT2D eigenvalue weighted by atomic mass is 9.84. The molecule has 0 bridgehead atoms. The molecule has 1 aliphatic rings. The fourth-order valence-corrected chi connectivity index (χ4v) is 6.47. The highest BCUT2D eigenvalue weighted by Crippen LogP contribution is 2.41. The lowest BCUT2D eigenvalue weighted by Gasteiger charge is -2.24. The minimum absolute atomic E-state index is 0.0345. The first kappa shape index (κ1) is 33.1. The fraction of sp³-hybridized carbons (Fsp3) is 0.382. The minimum atomic E-state index is -4.63. The highest BCUT2D eigenvalue weighted by molar-refractivity contribution is 6.76. The van der Waals surface area contributed by atoms with Crippen LogP contribution >= 0.6 is 0 Å². The number of aromatic nitrogens is 3. The molecule has 0 aliphatic heterocycles.